The van der Waals surface area contributed by atoms with Crippen LogP contribution in [0.3, 0.4) is 0 Å². The monoisotopic (exact) mass is 294 g/mol. The molecule has 1 N–H and O–H groups in total. The summed E-state index contributed by atoms with van der Waals surface area (Å²) in [5, 5.41) is 12.9. The third kappa shape index (κ3) is 2.78. The third-order valence-corrected chi connectivity index (χ3v) is 4.03. The van der Waals surface area contributed by atoms with Gasteiger partial charge in [-0.15, -0.1) is 0 Å². The van der Waals surface area contributed by atoms with E-state index in [1.54, 1.807) is 0 Å². The molecule has 7 heteroatoms. The minimum absolute atomic E-state index is 0.0514. The highest BCUT2D eigenvalue weighted by Crippen LogP contribution is 2.25. The van der Waals surface area contributed by atoms with Gasteiger partial charge in [0.15, 0.2) is 11.8 Å². The van der Waals surface area contributed by atoms with E-state index < -0.39 is 12.1 Å². The number of hydrogen-bond donors (Lipinski definition) is 1. The molecule has 1 aliphatic heterocycles. The number of carboxylic acid groups (broad SMARTS) is 1. The van der Waals surface area contributed by atoms with E-state index in [0.29, 0.717) is 12.2 Å². The van der Waals surface area contributed by atoms with Crippen LogP contribution in [0.4, 0.5) is 0 Å². The van der Waals surface area contributed by atoms with Crippen molar-refractivity contribution in [1.82, 2.24) is 10.1 Å². The summed E-state index contributed by atoms with van der Waals surface area (Å²) in [6.45, 7) is 0.656. The zero-order chi connectivity index (χ0) is 14.8. The number of carboxylic acids is 1. The molecule has 1 aromatic rings. The zero-order valence-electron chi connectivity index (χ0n) is 11.7. The van der Waals surface area contributed by atoms with Crippen molar-refractivity contribution in [2.24, 2.45) is 0 Å². The summed E-state index contributed by atoms with van der Waals surface area (Å²) in [5.74, 6) is -0.498. The van der Waals surface area contributed by atoms with E-state index >= 15 is 0 Å². The Hall–Kier alpha value is -1.89. The summed E-state index contributed by atoms with van der Waals surface area (Å²) in [7, 11) is 0. The molecule has 7 nitrogen and oxygen atoms in total. The van der Waals surface area contributed by atoms with Gasteiger partial charge in [-0.05, 0) is 19.3 Å². The first-order valence-electron chi connectivity index (χ1n) is 7.28. The summed E-state index contributed by atoms with van der Waals surface area (Å²) in [4.78, 5) is 25.0. The second kappa shape index (κ2) is 5.85. The molecule has 2 aliphatic rings. The number of aliphatic carboxylic acids is 1. The van der Waals surface area contributed by atoms with E-state index in [0.717, 1.165) is 43.4 Å². The maximum atomic E-state index is 12.6. The van der Waals surface area contributed by atoms with Crippen LogP contribution in [0.5, 0.6) is 0 Å². The largest absolute Gasteiger partial charge is 0.479 e. The van der Waals surface area contributed by atoms with Crippen molar-refractivity contribution in [3.63, 3.8) is 0 Å². The van der Waals surface area contributed by atoms with Crippen LogP contribution in [0, 0.1) is 0 Å². The van der Waals surface area contributed by atoms with Crippen LogP contribution in [-0.4, -0.2) is 52.8 Å². The quantitative estimate of drug-likeness (QED) is 0.814. The van der Waals surface area contributed by atoms with Gasteiger partial charge in [0.1, 0.15) is 5.76 Å². The standard InChI is InChI=1S/C14H18N2O5/c17-13(16-6-7-20-11(8-16)14(18)19)12-9-4-2-1-3-5-10(9)21-15-12/h11H,1-8H2,(H,18,19). The molecular weight excluding hydrogens is 276 g/mol. The molecule has 2 heterocycles. The van der Waals surface area contributed by atoms with Gasteiger partial charge in [-0.2, -0.15) is 0 Å². The molecule has 0 radical (unpaired) electrons. The molecule has 0 spiro atoms. The summed E-state index contributed by atoms with van der Waals surface area (Å²) < 4.78 is 10.4. The predicted octanol–water partition coefficient (Wildman–Crippen LogP) is 0.869. The Morgan fingerprint density at radius 1 is 1.24 bits per heavy atom. The van der Waals surface area contributed by atoms with Crippen molar-refractivity contribution in [2.45, 2.75) is 38.2 Å². The van der Waals surface area contributed by atoms with E-state index in [4.69, 9.17) is 14.4 Å². The molecule has 0 saturated carbocycles. The second-order valence-corrected chi connectivity index (χ2v) is 5.44. The number of hydrogen-bond acceptors (Lipinski definition) is 5. The molecule has 1 atom stereocenters. The molecule has 3 rings (SSSR count). The fourth-order valence-electron chi connectivity index (χ4n) is 2.86. The number of aromatic nitrogens is 1. The Kier molecular flexibility index (Phi) is 3.92. The first-order chi connectivity index (χ1) is 10.2. The topological polar surface area (TPSA) is 92.9 Å². The van der Waals surface area contributed by atoms with Crippen molar-refractivity contribution in [1.29, 1.82) is 0 Å². The molecule has 0 bridgehead atoms. The van der Waals surface area contributed by atoms with E-state index in [2.05, 4.69) is 5.16 Å². The minimum Gasteiger partial charge on any atom is -0.479 e. The van der Waals surface area contributed by atoms with E-state index in [-0.39, 0.29) is 19.1 Å². The number of amides is 1. The fraction of sp³-hybridized carbons (Fsp3) is 0.643. The van der Waals surface area contributed by atoms with Crippen LogP contribution < -0.4 is 0 Å². The first-order valence-corrected chi connectivity index (χ1v) is 7.28. The molecule has 1 fully saturated rings. The molecule has 21 heavy (non-hydrogen) atoms. The van der Waals surface area contributed by atoms with Gasteiger partial charge in [0, 0.05) is 18.5 Å². The Labute approximate surface area is 121 Å². The minimum atomic E-state index is -1.05. The lowest BCUT2D eigenvalue weighted by Gasteiger charge is -2.30. The number of carbonyl (C=O) groups is 2. The van der Waals surface area contributed by atoms with Crippen LogP contribution in [-0.2, 0) is 22.4 Å². The molecule has 1 aromatic heterocycles. The highest BCUT2D eigenvalue weighted by molar-refractivity contribution is 5.94. The number of carbonyl (C=O) groups excluding carboxylic acids is 1. The summed E-state index contributed by atoms with van der Waals surface area (Å²) >= 11 is 0. The van der Waals surface area contributed by atoms with Crippen molar-refractivity contribution >= 4 is 11.9 Å². The number of nitrogens with zero attached hydrogens (tertiary/aromatic N) is 2. The Morgan fingerprint density at radius 2 is 2.05 bits per heavy atom. The lowest BCUT2D eigenvalue weighted by Crippen LogP contribution is -2.48. The zero-order valence-corrected chi connectivity index (χ0v) is 11.7. The second-order valence-electron chi connectivity index (χ2n) is 5.44. The molecular formula is C14H18N2O5. The van der Waals surface area contributed by atoms with E-state index in [1.807, 2.05) is 0 Å². The molecule has 114 valence electrons. The van der Waals surface area contributed by atoms with E-state index in [9.17, 15) is 9.59 Å². The highest BCUT2D eigenvalue weighted by atomic mass is 16.5. The number of morpholine rings is 1. The fourth-order valence-corrected chi connectivity index (χ4v) is 2.86. The smallest absolute Gasteiger partial charge is 0.334 e. The van der Waals surface area contributed by atoms with Crippen LogP contribution in [0.2, 0.25) is 0 Å². The molecule has 0 aromatic carbocycles. The molecule has 1 saturated heterocycles. The van der Waals surface area contributed by atoms with Crippen LogP contribution in [0.1, 0.15) is 41.1 Å². The Morgan fingerprint density at radius 3 is 2.86 bits per heavy atom. The van der Waals surface area contributed by atoms with Gasteiger partial charge in [0.25, 0.3) is 5.91 Å². The average Bonchev–Trinajstić information content (AvgIpc) is 2.75. The van der Waals surface area contributed by atoms with Gasteiger partial charge in [-0.1, -0.05) is 11.6 Å². The van der Waals surface area contributed by atoms with Gasteiger partial charge in [0.05, 0.1) is 13.2 Å². The number of ether oxygens (including phenoxy) is 1. The van der Waals surface area contributed by atoms with Crippen molar-refractivity contribution in [2.75, 3.05) is 19.7 Å². The summed E-state index contributed by atoms with van der Waals surface area (Å²) in [5.41, 5.74) is 1.24. The summed E-state index contributed by atoms with van der Waals surface area (Å²) in [6, 6.07) is 0. The van der Waals surface area contributed by atoms with E-state index in [1.165, 1.54) is 4.90 Å². The summed E-state index contributed by atoms with van der Waals surface area (Å²) in [6.07, 6.45) is 3.84. The molecule has 1 amide bonds. The number of rotatable bonds is 2. The number of fused-ring (bicyclic) bond motifs is 1. The maximum absolute atomic E-state index is 12.6. The maximum Gasteiger partial charge on any atom is 0.334 e. The molecule has 1 aliphatic carbocycles. The molecule has 1 unspecified atom stereocenters. The van der Waals surface area contributed by atoms with Gasteiger partial charge in [-0.3, -0.25) is 4.79 Å². The van der Waals surface area contributed by atoms with Gasteiger partial charge < -0.3 is 19.3 Å². The van der Waals surface area contributed by atoms with Gasteiger partial charge in [0.2, 0.25) is 0 Å². The number of aryl methyl sites for hydroxylation is 1. The SMILES string of the molecule is O=C(O)C1CN(C(=O)c2noc3c2CCCCC3)CCO1. The normalized spacial score (nSPS) is 22.5. The lowest BCUT2D eigenvalue weighted by atomic mass is 10.1. The highest BCUT2D eigenvalue weighted by Gasteiger charge is 2.32. The van der Waals surface area contributed by atoms with Crippen molar-refractivity contribution in [3.8, 4) is 0 Å². The van der Waals surface area contributed by atoms with Crippen LogP contribution in [0.15, 0.2) is 4.52 Å². The van der Waals surface area contributed by atoms with Crippen molar-refractivity contribution in [3.05, 3.63) is 17.0 Å². The van der Waals surface area contributed by atoms with Gasteiger partial charge in [-0.25, -0.2) is 4.79 Å². The Balaban J connectivity index is 1.79. The van der Waals surface area contributed by atoms with Crippen LogP contribution in [0.25, 0.3) is 0 Å². The van der Waals surface area contributed by atoms with Crippen molar-refractivity contribution < 1.29 is 24.0 Å². The lowest BCUT2D eigenvalue weighted by molar-refractivity contribution is -0.154. The predicted molar refractivity (Wildman–Crippen MR) is 71.0 cm³/mol. The third-order valence-electron chi connectivity index (χ3n) is 4.03. The Bertz CT molecular complexity index is 554. The first kappa shape index (κ1) is 14.1. The average molecular weight is 294 g/mol. The van der Waals surface area contributed by atoms with Gasteiger partial charge >= 0.3 is 5.97 Å². The van der Waals surface area contributed by atoms with Crippen LogP contribution >= 0.6 is 0 Å².